The molecule has 0 atom stereocenters. The minimum atomic E-state index is -0.126. The molecule has 4 aromatic rings. The van der Waals surface area contributed by atoms with Crippen molar-refractivity contribution < 1.29 is 4.52 Å². The van der Waals surface area contributed by atoms with E-state index in [0.29, 0.717) is 11.7 Å². The zero-order chi connectivity index (χ0) is 18.3. The average Bonchev–Trinajstić information content (AvgIpc) is 3.24. The number of imidazole rings is 1. The summed E-state index contributed by atoms with van der Waals surface area (Å²) in [5.74, 6) is 0.867. The molecule has 0 aliphatic rings. The van der Waals surface area contributed by atoms with Crippen molar-refractivity contribution in [2.75, 3.05) is 0 Å². The second-order valence-corrected chi connectivity index (χ2v) is 6.41. The Morgan fingerprint density at radius 2 is 2.12 bits per heavy atom. The number of pyridine rings is 1. The van der Waals surface area contributed by atoms with Crippen molar-refractivity contribution in [2.45, 2.75) is 33.2 Å². The van der Waals surface area contributed by atoms with E-state index in [1.807, 2.05) is 44.2 Å². The van der Waals surface area contributed by atoms with Gasteiger partial charge in [-0.15, -0.1) is 0 Å². The highest BCUT2D eigenvalue weighted by atomic mass is 16.5. The molecule has 0 amide bonds. The molecule has 0 spiro atoms. The molecule has 132 valence electrons. The van der Waals surface area contributed by atoms with Crippen molar-refractivity contribution in [3.05, 3.63) is 52.6 Å². The molecular weight excluding hydrogens is 330 g/mol. The lowest BCUT2D eigenvalue weighted by Gasteiger charge is -2.06. The maximum Gasteiger partial charge on any atom is 0.326 e. The van der Waals surface area contributed by atoms with E-state index in [4.69, 9.17) is 4.52 Å². The lowest BCUT2D eigenvalue weighted by atomic mass is 10.1. The summed E-state index contributed by atoms with van der Waals surface area (Å²) in [5, 5.41) is 4.09. The maximum absolute atomic E-state index is 12.1. The minimum absolute atomic E-state index is 0.0466. The number of nitrogens with one attached hydrogen (secondary N) is 1. The van der Waals surface area contributed by atoms with Crippen LogP contribution in [0.3, 0.4) is 0 Å². The number of hydrogen-bond donors (Lipinski definition) is 1. The topological polar surface area (TPSA) is 89.6 Å². The van der Waals surface area contributed by atoms with Crippen LogP contribution in [0.1, 0.15) is 32.4 Å². The summed E-state index contributed by atoms with van der Waals surface area (Å²) in [6.07, 6.45) is 2.56. The normalized spacial score (nSPS) is 11.5. The van der Waals surface area contributed by atoms with Crippen LogP contribution in [0, 0.1) is 0 Å². The van der Waals surface area contributed by atoms with Gasteiger partial charge in [-0.25, -0.2) is 4.79 Å². The van der Waals surface area contributed by atoms with Gasteiger partial charge in [0.15, 0.2) is 0 Å². The number of aryl methyl sites for hydroxylation is 1. The predicted molar refractivity (Wildman–Crippen MR) is 98.8 cm³/mol. The van der Waals surface area contributed by atoms with Gasteiger partial charge in [0.2, 0.25) is 5.82 Å². The van der Waals surface area contributed by atoms with E-state index in [9.17, 15) is 4.79 Å². The molecule has 7 nitrogen and oxygen atoms in total. The molecule has 1 aromatic carbocycles. The fourth-order valence-electron chi connectivity index (χ4n) is 3.13. The highest BCUT2D eigenvalue weighted by molar-refractivity contribution is 5.80. The average molecular weight is 349 g/mol. The summed E-state index contributed by atoms with van der Waals surface area (Å²) in [6, 6.07) is 9.56. The predicted octanol–water partition coefficient (Wildman–Crippen LogP) is 3.58. The molecule has 3 heterocycles. The number of rotatable bonds is 4. The standard InChI is InChI=1S/C19H19N5O2/c1-4-12-6-5-9-20-16(12)17-22-18(26-23-17)13-7-8-14-15(10-13)24(11(2)3)19(25)21-14/h5-11H,4H2,1-3H3,(H,21,25). The third kappa shape index (κ3) is 2.61. The number of benzene rings is 1. The summed E-state index contributed by atoms with van der Waals surface area (Å²) >= 11 is 0. The number of nitrogens with zero attached hydrogens (tertiary/aromatic N) is 4. The Balaban J connectivity index is 1.81. The second kappa shape index (κ2) is 6.25. The van der Waals surface area contributed by atoms with Gasteiger partial charge in [-0.2, -0.15) is 4.98 Å². The van der Waals surface area contributed by atoms with Crippen molar-refractivity contribution in [1.82, 2.24) is 24.7 Å². The van der Waals surface area contributed by atoms with Crippen LogP contribution in [0.25, 0.3) is 34.0 Å². The Hall–Kier alpha value is -3.22. The van der Waals surface area contributed by atoms with Gasteiger partial charge in [0.05, 0.1) is 11.0 Å². The van der Waals surface area contributed by atoms with Crippen LogP contribution >= 0.6 is 0 Å². The van der Waals surface area contributed by atoms with E-state index >= 15 is 0 Å². The Kier molecular flexibility index (Phi) is 3.91. The molecule has 1 N–H and O–H groups in total. The van der Waals surface area contributed by atoms with Crippen LogP contribution < -0.4 is 5.69 Å². The summed E-state index contributed by atoms with van der Waals surface area (Å²) in [5.41, 5.74) is 4.03. The van der Waals surface area contributed by atoms with Crippen LogP contribution in [0.15, 0.2) is 45.8 Å². The summed E-state index contributed by atoms with van der Waals surface area (Å²) in [6.45, 7) is 6.01. The van der Waals surface area contributed by atoms with Gasteiger partial charge < -0.3 is 9.51 Å². The number of aromatic amines is 1. The van der Waals surface area contributed by atoms with Crippen LogP contribution in [-0.4, -0.2) is 24.7 Å². The Morgan fingerprint density at radius 3 is 2.88 bits per heavy atom. The molecule has 0 fully saturated rings. The van der Waals surface area contributed by atoms with E-state index in [0.717, 1.165) is 34.3 Å². The molecule has 7 heteroatoms. The number of aromatic nitrogens is 5. The zero-order valence-electron chi connectivity index (χ0n) is 14.9. The molecule has 0 unspecified atom stereocenters. The van der Waals surface area contributed by atoms with Gasteiger partial charge in [0.25, 0.3) is 5.89 Å². The first-order chi connectivity index (χ1) is 12.6. The highest BCUT2D eigenvalue weighted by Gasteiger charge is 2.16. The molecular formula is C19H19N5O2. The quantitative estimate of drug-likeness (QED) is 0.608. The van der Waals surface area contributed by atoms with Crippen LogP contribution in [0.4, 0.5) is 0 Å². The molecule has 0 aliphatic heterocycles. The third-order valence-corrected chi connectivity index (χ3v) is 4.39. The van der Waals surface area contributed by atoms with Crippen molar-refractivity contribution in [3.8, 4) is 23.0 Å². The maximum atomic E-state index is 12.1. The largest absolute Gasteiger partial charge is 0.334 e. The fourth-order valence-corrected chi connectivity index (χ4v) is 3.13. The Morgan fingerprint density at radius 1 is 1.27 bits per heavy atom. The SMILES string of the molecule is CCc1cccnc1-c1noc(-c2ccc3[nH]c(=O)n(C(C)C)c3c2)n1. The first-order valence-corrected chi connectivity index (χ1v) is 8.61. The molecule has 0 radical (unpaired) electrons. The van der Waals surface area contributed by atoms with Gasteiger partial charge >= 0.3 is 5.69 Å². The smallest absolute Gasteiger partial charge is 0.326 e. The molecule has 0 bridgehead atoms. The van der Waals surface area contributed by atoms with Gasteiger partial charge in [0.1, 0.15) is 5.69 Å². The number of fused-ring (bicyclic) bond motifs is 1. The molecule has 3 aromatic heterocycles. The van der Waals surface area contributed by atoms with Gasteiger partial charge in [-0.05, 0) is 50.1 Å². The van der Waals surface area contributed by atoms with E-state index in [1.165, 1.54) is 0 Å². The molecule has 0 saturated heterocycles. The van der Waals surface area contributed by atoms with Crippen LogP contribution in [0.5, 0.6) is 0 Å². The molecule has 26 heavy (non-hydrogen) atoms. The van der Waals surface area contributed by atoms with Crippen LogP contribution in [0.2, 0.25) is 0 Å². The van der Waals surface area contributed by atoms with E-state index in [2.05, 4.69) is 27.0 Å². The van der Waals surface area contributed by atoms with E-state index in [1.54, 1.807) is 10.8 Å². The highest BCUT2D eigenvalue weighted by Crippen LogP contribution is 2.26. The summed E-state index contributed by atoms with van der Waals surface area (Å²) < 4.78 is 7.17. The third-order valence-electron chi connectivity index (χ3n) is 4.39. The Bertz CT molecular complexity index is 1140. The van der Waals surface area contributed by atoms with Crippen LogP contribution in [-0.2, 0) is 6.42 Å². The zero-order valence-corrected chi connectivity index (χ0v) is 14.9. The first-order valence-electron chi connectivity index (χ1n) is 8.61. The van der Waals surface area contributed by atoms with Crippen molar-refractivity contribution in [1.29, 1.82) is 0 Å². The molecule has 4 rings (SSSR count). The van der Waals surface area contributed by atoms with Gasteiger partial charge in [0, 0.05) is 17.8 Å². The number of H-pyrrole nitrogens is 1. The van der Waals surface area contributed by atoms with E-state index < -0.39 is 0 Å². The first kappa shape index (κ1) is 16.3. The second-order valence-electron chi connectivity index (χ2n) is 6.41. The van der Waals surface area contributed by atoms with Crippen molar-refractivity contribution in [2.24, 2.45) is 0 Å². The molecule has 0 aliphatic carbocycles. The Labute approximate surface area is 149 Å². The lowest BCUT2D eigenvalue weighted by Crippen LogP contribution is -2.18. The van der Waals surface area contributed by atoms with E-state index in [-0.39, 0.29) is 11.7 Å². The van der Waals surface area contributed by atoms with Crippen molar-refractivity contribution >= 4 is 11.0 Å². The number of hydrogen-bond acceptors (Lipinski definition) is 5. The van der Waals surface area contributed by atoms with Gasteiger partial charge in [-0.3, -0.25) is 9.55 Å². The summed E-state index contributed by atoms with van der Waals surface area (Å²) in [4.78, 5) is 23.9. The van der Waals surface area contributed by atoms with Crippen molar-refractivity contribution in [3.63, 3.8) is 0 Å². The monoisotopic (exact) mass is 349 g/mol. The molecule has 0 saturated carbocycles. The lowest BCUT2D eigenvalue weighted by molar-refractivity contribution is 0.432. The summed E-state index contributed by atoms with van der Waals surface area (Å²) in [7, 11) is 0. The van der Waals surface area contributed by atoms with Gasteiger partial charge in [-0.1, -0.05) is 18.1 Å². The fraction of sp³-hybridized carbons (Fsp3) is 0.263. The minimum Gasteiger partial charge on any atom is -0.334 e.